The molecule has 0 saturated carbocycles. The number of hydrogen-bond donors (Lipinski definition) is 1. The van der Waals surface area contributed by atoms with Gasteiger partial charge in [-0.3, -0.25) is 19.6 Å². The Bertz CT molecular complexity index is 1000. The normalized spacial score (nSPS) is 10.4. The highest BCUT2D eigenvalue weighted by atomic mass is 16.6. The van der Waals surface area contributed by atoms with Crippen LogP contribution in [-0.2, 0) is 7.05 Å². The highest BCUT2D eigenvalue weighted by Gasteiger charge is 2.20. The van der Waals surface area contributed by atoms with E-state index < -0.39 is 16.5 Å². The van der Waals surface area contributed by atoms with Gasteiger partial charge in [-0.2, -0.15) is 5.10 Å². The minimum absolute atomic E-state index is 0.0698. The third-order valence-corrected chi connectivity index (χ3v) is 3.38. The van der Waals surface area contributed by atoms with E-state index >= 15 is 0 Å². The molecular formula is C16H12N4O5. The summed E-state index contributed by atoms with van der Waals surface area (Å²) in [7, 11) is 1.63. The molecule has 0 bridgehead atoms. The third-order valence-electron chi connectivity index (χ3n) is 3.38. The number of aromatic nitrogens is 3. The average Bonchev–Trinajstić information content (AvgIpc) is 2.99. The van der Waals surface area contributed by atoms with Crippen LogP contribution in [0.3, 0.4) is 0 Å². The molecule has 0 aliphatic carbocycles. The molecule has 3 rings (SSSR count). The Morgan fingerprint density at radius 1 is 1.28 bits per heavy atom. The van der Waals surface area contributed by atoms with E-state index in [-0.39, 0.29) is 17.0 Å². The molecule has 0 saturated heterocycles. The minimum atomic E-state index is -0.752. The van der Waals surface area contributed by atoms with E-state index in [2.05, 4.69) is 10.1 Å². The van der Waals surface area contributed by atoms with E-state index in [0.29, 0.717) is 11.3 Å². The first-order chi connectivity index (χ1) is 12.0. The van der Waals surface area contributed by atoms with Crippen molar-refractivity contribution in [3.8, 4) is 17.0 Å². The van der Waals surface area contributed by atoms with Gasteiger partial charge in [0.25, 0.3) is 11.2 Å². The molecule has 0 aliphatic rings. The number of benzene rings is 1. The number of esters is 1. The maximum Gasteiger partial charge on any atom is 0.347 e. The highest BCUT2D eigenvalue weighted by molar-refractivity contribution is 5.97. The van der Waals surface area contributed by atoms with E-state index in [1.807, 2.05) is 0 Å². The van der Waals surface area contributed by atoms with Gasteiger partial charge >= 0.3 is 5.97 Å². The van der Waals surface area contributed by atoms with Gasteiger partial charge in [0, 0.05) is 37.1 Å². The van der Waals surface area contributed by atoms with Gasteiger partial charge in [-0.25, -0.2) is 4.79 Å². The van der Waals surface area contributed by atoms with Crippen LogP contribution in [0.5, 0.6) is 5.75 Å². The monoisotopic (exact) mass is 340 g/mol. The first-order valence-electron chi connectivity index (χ1n) is 7.14. The topological polar surface area (TPSA) is 120 Å². The molecule has 0 atom stereocenters. The largest absolute Gasteiger partial charge is 0.417 e. The van der Waals surface area contributed by atoms with Crippen LogP contribution in [0, 0.1) is 10.1 Å². The van der Waals surface area contributed by atoms with Crippen LogP contribution < -0.4 is 10.3 Å². The molecule has 1 N–H and O–H groups in total. The number of nitro groups is 1. The van der Waals surface area contributed by atoms with E-state index in [4.69, 9.17) is 4.74 Å². The minimum Gasteiger partial charge on any atom is -0.417 e. The second-order valence-corrected chi connectivity index (χ2v) is 5.12. The van der Waals surface area contributed by atoms with Crippen molar-refractivity contribution in [2.75, 3.05) is 0 Å². The summed E-state index contributed by atoms with van der Waals surface area (Å²) >= 11 is 0. The second kappa shape index (κ2) is 6.40. The average molecular weight is 340 g/mol. The maximum atomic E-state index is 12.4. The number of non-ortho nitro benzene ring substituents is 1. The summed E-state index contributed by atoms with van der Waals surface area (Å²) in [4.78, 5) is 36.7. The van der Waals surface area contributed by atoms with Gasteiger partial charge in [0.05, 0.1) is 4.92 Å². The number of carbonyl (C=O) groups excluding carboxylic acids is 1. The van der Waals surface area contributed by atoms with Gasteiger partial charge < -0.3 is 9.72 Å². The Labute approximate surface area is 140 Å². The Hall–Kier alpha value is -3.75. The van der Waals surface area contributed by atoms with Crippen LogP contribution in [0.4, 0.5) is 5.69 Å². The van der Waals surface area contributed by atoms with E-state index in [1.54, 1.807) is 7.05 Å². The zero-order valence-corrected chi connectivity index (χ0v) is 13.0. The Morgan fingerprint density at radius 2 is 2.00 bits per heavy atom. The molecule has 0 amide bonds. The molecule has 126 valence electrons. The lowest BCUT2D eigenvalue weighted by molar-refractivity contribution is -0.384. The van der Waals surface area contributed by atoms with Gasteiger partial charge in [-0.1, -0.05) is 0 Å². The van der Waals surface area contributed by atoms with Gasteiger partial charge in [-0.05, 0) is 24.3 Å². The smallest absolute Gasteiger partial charge is 0.347 e. The van der Waals surface area contributed by atoms with Gasteiger partial charge in [0.2, 0.25) is 0 Å². The maximum absolute atomic E-state index is 12.4. The number of nitrogens with one attached hydrogen (secondary N) is 1. The van der Waals surface area contributed by atoms with Crippen LogP contribution in [0.2, 0.25) is 0 Å². The molecule has 2 aromatic heterocycles. The summed E-state index contributed by atoms with van der Waals surface area (Å²) in [5.74, 6) is -0.885. The van der Waals surface area contributed by atoms with Crippen molar-refractivity contribution in [2.24, 2.45) is 7.05 Å². The fourth-order valence-electron chi connectivity index (χ4n) is 2.23. The highest BCUT2D eigenvalue weighted by Crippen LogP contribution is 2.25. The van der Waals surface area contributed by atoms with Crippen molar-refractivity contribution in [2.45, 2.75) is 0 Å². The third kappa shape index (κ3) is 3.29. The predicted molar refractivity (Wildman–Crippen MR) is 87.3 cm³/mol. The summed E-state index contributed by atoms with van der Waals surface area (Å²) < 4.78 is 6.54. The van der Waals surface area contributed by atoms with Gasteiger partial charge in [0.15, 0.2) is 5.75 Å². The summed E-state index contributed by atoms with van der Waals surface area (Å²) in [6, 6.07) is 8.53. The number of nitrogens with zero attached hydrogens (tertiary/aromatic N) is 3. The van der Waals surface area contributed by atoms with Crippen molar-refractivity contribution >= 4 is 11.7 Å². The lowest BCUT2D eigenvalue weighted by Gasteiger charge is -2.03. The number of pyridine rings is 1. The molecule has 3 aromatic rings. The van der Waals surface area contributed by atoms with Gasteiger partial charge in [-0.15, -0.1) is 0 Å². The van der Waals surface area contributed by atoms with Crippen LogP contribution in [-0.4, -0.2) is 25.7 Å². The number of ether oxygens (including phenoxy) is 1. The van der Waals surface area contributed by atoms with Gasteiger partial charge in [0.1, 0.15) is 11.3 Å². The molecule has 0 radical (unpaired) electrons. The van der Waals surface area contributed by atoms with Crippen LogP contribution >= 0.6 is 0 Å². The van der Waals surface area contributed by atoms with Crippen LogP contribution in [0.25, 0.3) is 11.3 Å². The van der Waals surface area contributed by atoms with Crippen LogP contribution in [0.15, 0.2) is 53.6 Å². The quantitative estimate of drug-likeness (QED) is 0.440. The zero-order valence-electron chi connectivity index (χ0n) is 13.0. The number of hydrogen-bond acceptors (Lipinski definition) is 6. The van der Waals surface area contributed by atoms with Crippen molar-refractivity contribution in [3.05, 3.63) is 74.8 Å². The molecule has 1 aromatic carbocycles. The summed E-state index contributed by atoms with van der Waals surface area (Å²) in [6.45, 7) is 0. The fraction of sp³-hybridized carbons (Fsp3) is 0.0625. The fourth-order valence-corrected chi connectivity index (χ4v) is 2.23. The predicted octanol–water partition coefficient (Wildman–Crippen LogP) is 1.90. The first-order valence-corrected chi connectivity index (χ1v) is 7.14. The summed E-state index contributed by atoms with van der Waals surface area (Å²) in [6.07, 6.45) is 2.88. The van der Waals surface area contributed by atoms with Crippen LogP contribution in [0.1, 0.15) is 10.4 Å². The molecule has 9 nitrogen and oxygen atoms in total. The Kier molecular flexibility index (Phi) is 4.12. The van der Waals surface area contributed by atoms with E-state index in [1.165, 1.54) is 53.5 Å². The van der Waals surface area contributed by atoms with E-state index in [0.717, 1.165) is 0 Å². The Morgan fingerprint density at radius 3 is 2.64 bits per heavy atom. The van der Waals surface area contributed by atoms with Crippen molar-refractivity contribution in [1.29, 1.82) is 0 Å². The molecule has 25 heavy (non-hydrogen) atoms. The van der Waals surface area contributed by atoms with Crippen molar-refractivity contribution < 1.29 is 14.5 Å². The first kappa shape index (κ1) is 16.1. The lowest BCUT2D eigenvalue weighted by Crippen LogP contribution is -2.16. The molecule has 0 unspecified atom stereocenters. The number of H-pyrrole nitrogens is 1. The zero-order chi connectivity index (χ0) is 18.0. The lowest BCUT2D eigenvalue weighted by atomic mass is 10.1. The van der Waals surface area contributed by atoms with Crippen molar-refractivity contribution in [1.82, 2.24) is 14.8 Å². The number of carbonyl (C=O) groups is 1. The van der Waals surface area contributed by atoms with E-state index in [9.17, 15) is 19.7 Å². The molecular weight excluding hydrogens is 328 g/mol. The summed E-state index contributed by atoms with van der Waals surface area (Å²) in [5.41, 5.74) is 0.353. The SMILES string of the molecule is Cn1cc(C(=O)Oc2ccc[nH]c2=O)c(-c2ccc([N+](=O)[O-])cc2)n1. The molecule has 0 fully saturated rings. The molecule has 9 heteroatoms. The number of aryl methyl sites for hydroxylation is 1. The molecule has 0 aliphatic heterocycles. The standard InChI is InChI=1S/C16H12N4O5/c1-19-9-12(16(22)25-13-3-2-8-17-15(13)21)14(18-19)10-4-6-11(7-5-10)20(23)24/h2-9H,1H3,(H,17,21). The molecule has 2 heterocycles. The molecule has 0 spiro atoms. The number of nitro benzene ring substituents is 1. The number of aromatic amines is 1. The Balaban J connectivity index is 1.95. The van der Waals surface area contributed by atoms with Crippen molar-refractivity contribution in [3.63, 3.8) is 0 Å². The summed E-state index contributed by atoms with van der Waals surface area (Å²) in [5, 5.41) is 14.9. The second-order valence-electron chi connectivity index (χ2n) is 5.12. The number of rotatable bonds is 4.